The molecule has 2 aromatic carbocycles. The summed E-state index contributed by atoms with van der Waals surface area (Å²) in [7, 11) is -3.72. The Morgan fingerprint density at radius 3 is 2.58 bits per heavy atom. The molecule has 0 aliphatic rings. The number of nitrogens with one attached hydrogen (secondary N) is 2. The fourth-order valence-electron chi connectivity index (χ4n) is 1.95. The maximum Gasteiger partial charge on any atom is 0.240 e. The molecule has 0 aromatic heterocycles. The smallest absolute Gasteiger partial charge is 0.240 e. The molecule has 8 heteroatoms. The Kier molecular flexibility index (Phi) is 6.30. The summed E-state index contributed by atoms with van der Waals surface area (Å²) in [4.78, 5) is 11.8. The molecule has 0 radical (unpaired) electrons. The van der Waals surface area contributed by atoms with Gasteiger partial charge in [0, 0.05) is 24.5 Å². The predicted molar refractivity (Wildman–Crippen MR) is 89.5 cm³/mol. The minimum absolute atomic E-state index is 0.0326. The van der Waals surface area contributed by atoms with E-state index >= 15 is 0 Å². The van der Waals surface area contributed by atoms with Gasteiger partial charge in [-0.3, -0.25) is 4.79 Å². The van der Waals surface area contributed by atoms with Crippen LogP contribution in [0.2, 0.25) is 5.02 Å². The van der Waals surface area contributed by atoms with Gasteiger partial charge in [-0.1, -0.05) is 29.8 Å². The molecule has 0 unspecified atom stereocenters. The molecule has 0 aliphatic heterocycles. The molecule has 0 heterocycles. The van der Waals surface area contributed by atoms with Crippen molar-refractivity contribution >= 4 is 27.5 Å². The van der Waals surface area contributed by atoms with Crippen LogP contribution in [0.25, 0.3) is 0 Å². The second-order valence-electron chi connectivity index (χ2n) is 5.01. The molecule has 128 valence electrons. The van der Waals surface area contributed by atoms with Crippen molar-refractivity contribution in [1.29, 1.82) is 0 Å². The van der Waals surface area contributed by atoms with Gasteiger partial charge < -0.3 is 5.32 Å². The summed E-state index contributed by atoms with van der Waals surface area (Å²) in [5, 5.41) is 2.91. The maximum atomic E-state index is 13.0. The van der Waals surface area contributed by atoms with Crippen LogP contribution in [-0.2, 0) is 21.4 Å². The van der Waals surface area contributed by atoms with Gasteiger partial charge >= 0.3 is 0 Å². The minimum Gasteiger partial charge on any atom is -0.352 e. The van der Waals surface area contributed by atoms with Gasteiger partial charge in [0.2, 0.25) is 15.9 Å². The van der Waals surface area contributed by atoms with Gasteiger partial charge in [0.25, 0.3) is 0 Å². The zero-order valence-electron chi connectivity index (χ0n) is 12.6. The van der Waals surface area contributed by atoms with Crippen molar-refractivity contribution in [3.05, 3.63) is 64.9 Å². The molecule has 2 N–H and O–H groups in total. The van der Waals surface area contributed by atoms with Gasteiger partial charge in [0.1, 0.15) is 5.82 Å². The SMILES string of the molecule is O=C(CCNS(=O)(=O)c1cccc(Cl)c1)NCc1cccc(F)c1. The fourth-order valence-corrected chi connectivity index (χ4v) is 3.28. The first-order valence-electron chi connectivity index (χ1n) is 7.13. The highest BCUT2D eigenvalue weighted by Gasteiger charge is 2.14. The summed E-state index contributed by atoms with van der Waals surface area (Å²) in [6.07, 6.45) is -0.0326. The van der Waals surface area contributed by atoms with Crippen LogP contribution < -0.4 is 10.0 Å². The van der Waals surface area contributed by atoms with Crippen LogP contribution in [0.5, 0.6) is 0 Å². The van der Waals surface area contributed by atoms with E-state index in [0.29, 0.717) is 10.6 Å². The van der Waals surface area contributed by atoms with E-state index in [4.69, 9.17) is 11.6 Å². The van der Waals surface area contributed by atoms with E-state index < -0.39 is 10.0 Å². The summed E-state index contributed by atoms with van der Waals surface area (Å²) in [6.45, 7) is 0.126. The van der Waals surface area contributed by atoms with E-state index in [1.807, 2.05) is 0 Å². The Bertz CT molecular complexity index is 828. The van der Waals surface area contributed by atoms with Gasteiger partial charge in [0.05, 0.1) is 4.90 Å². The zero-order chi connectivity index (χ0) is 17.6. The normalized spacial score (nSPS) is 11.2. The van der Waals surface area contributed by atoms with Crippen molar-refractivity contribution in [2.24, 2.45) is 0 Å². The molecular weight excluding hydrogens is 355 g/mol. The highest BCUT2D eigenvalue weighted by atomic mass is 35.5. The van der Waals surface area contributed by atoms with Crippen LogP contribution in [0, 0.1) is 5.82 Å². The average Bonchev–Trinajstić information content (AvgIpc) is 2.53. The van der Waals surface area contributed by atoms with Crippen molar-refractivity contribution in [2.45, 2.75) is 17.9 Å². The number of hydrogen-bond acceptors (Lipinski definition) is 3. The molecule has 0 spiro atoms. The second-order valence-corrected chi connectivity index (χ2v) is 7.22. The Labute approximate surface area is 144 Å². The number of halogens is 2. The van der Waals surface area contributed by atoms with Crippen LogP contribution in [-0.4, -0.2) is 20.9 Å². The topological polar surface area (TPSA) is 75.3 Å². The Hall–Kier alpha value is -1.96. The number of amides is 1. The van der Waals surface area contributed by atoms with E-state index in [-0.39, 0.29) is 36.1 Å². The van der Waals surface area contributed by atoms with Gasteiger partial charge in [0.15, 0.2) is 0 Å². The molecule has 2 aromatic rings. The third kappa shape index (κ3) is 5.59. The molecule has 0 saturated carbocycles. The molecular formula is C16H16ClFN2O3S. The zero-order valence-corrected chi connectivity index (χ0v) is 14.2. The first-order chi connectivity index (χ1) is 11.4. The molecule has 24 heavy (non-hydrogen) atoms. The van der Waals surface area contributed by atoms with E-state index in [2.05, 4.69) is 10.0 Å². The number of carbonyl (C=O) groups is 1. The highest BCUT2D eigenvalue weighted by molar-refractivity contribution is 7.89. The van der Waals surface area contributed by atoms with Gasteiger partial charge in [-0.2, -0.15) is 0 Å². The lowest BCUT2D eigenvalue weighted by Crippen LogP contribution is -2.30. The van der Waals surface area contributed by atoms with Gasteiger partial charge in [-0.25, -0.2) is 17.5 Å². The number of sulfonamides is 1. The third-order valence-corrected chi connectivity index (χ3v) is 4.82. The number of hydrogen-bond donors (Lipinski definition) is 2. The van der Waals surface area contributed by atoms with Crippen molar-refractivity contribution in [3.63, 3.8) is 0 Å². The summed E-state index contributed by atoms with van der Waals surface area (Å²) >= 11 is 5.76. The number of carbonyl (C=O) groups excluding carboxylic acids is 1. The second kappa shape index (κ2) is 8.23. The van der Waals surface area contributed by atoms with E-state index in [1.165, 1.54) is 30.3 Å². The Morgan fingerprint density at radius 2 is 1.88 bits per heavy atom. The lowest BCUT2D eigenvalue weighted by Gasteiger charge is -2.08. The third-order valence-electron chi connectivity index (χ3n) is 3.13. The summed E-state index contributed by atoms with van der Waals surface area (Å²) in [5.74, 6) is -0.718. The lowest BCUT2D eigenvalue weighted by atomic mass is 10.2. The molecule has 0 saturated heterocycles. The summed E-state index contributed by atoms with van der Waals surface area (Å²) in [5.41, 5.74) is 0.628. The molecule has 0 aliphatic carbocycles. The van der Waals surface area contributed by atoms with Gasteiger partial charge in [-0.15, -0.1) is 0 Å². The Balaban J connectivity index is 1.80. The summed E-state index contributed by atoms with van der Waals surface area (Å²) in [6, 6.07) is 11.7. The van der Waals surface area contributed by atoms with Crippen LogP contribution in [0.4, 0.5) is 4.39 Å². The molecule has 5 nitrogen and oxygen atoms in total. The molecule has 0 bridgehead atoms. The fraction of sp³-hybridized carbons (Fsp3) is 0.188. The molecule has 0 fully saturated rings. The monoisotopic (exact) mass is 370 g/mol. The largest absolute Gasteiger partial charge is 0.352 e. The molecule has 0 atom stereocenters. The maximum absolute atomic E-state index is 13.0. The minimum atomic E-state index is -3.72. The molecule has 2 rings (SSSR count). The van der Waals surface area contributed by atoms with Crippen molar-refractivity contribution < 1.29 is 17.6 Å². The standard InChI is InChI=1S/C16H16ClFN2O3S/c17-13-4-2-6-15(10-13)24(22,23)20-8-7-16(21)19-11-12-3-1-5-14(18)9-12/h1-6,9-10,20H,7-8,11H2,(H,19,21). The van der Waals surface area contributed by atoms with Crippen LogP contribution in [0.15, 0.2) is 53.4 Å². The molecule has 1 amide bonds. The predicted octanol–water partition coefficient (Wildman–Crippen LogP) is 2.46. The highest BCUT2D eigenvalue weighted by Crippen LogP contribution is 2.15. The van der Waals surface area contributed by atoms with E-state index in [0.717, 1.165) is 0 Å². The van der Waals surface area contributed by atoms with Crippen molar-refractivity contribution in [2.75, 3.05) is 6.54 Å². The quantitative estimate of drug-likeness (QED) is 0.786. The first kappa shape index (κ1) is 18.4. The number of benzene rings is 2. The van der Waals surface area contributed by atoms with Crippen LogP contribution in [0.3, 0.4) is 0 Å². The average molecular weight is 371 g/mol. The van der Waals surface area contributed by atoms with Crippen LogP contribution >= 0.6 is 11.6 Å². The van der Waals surface area contributed by atoms with E-state index in [9.17, 15) is 17.6 Å². The van der Waals surface area contributed by atoms with Gasteiger partial charge in [-0.05, 0) is 35.9 Å². The lowest BCUT2D eigenvalue weighted by molar-refractivity contribution is -0.121. The first-order valence-corrected chi connectivity index (χ1v) is 8.99. The summed E-state index contributed by atoms with van der Waals surface area (Å²) < 4.78 is 39.4. The van der Waals surface area contributed by atoms with Crippen molar-refractivity contribution in [3.8, 4) is 0 Å². The van der Waals surface area contributed by atoms with E-state index in [1.54, 1.807) is 18.2 Å². The number of rotatable bonds is 7. The Morgan fingerprint density at radius 1 is 1.12 bits per heavy atom. The van der Waals surface area contributed by atoms with Crippen LogP contribution in [0.1, 0.15) is 12.0 Å². The van der Waals surface area contributed by atoms with Crippen molar-refractivity contribution in [1.82, 2.24) is 10.0 Å².